The predicted molar refractivity (Wildman–Crippen MR) is 104 cm³/mol. The lowest BCUT2D eigenvalue weighted by Gasteiger charge is -2.35. The van der Waals surface area contributed by atoms with E-state index in [0.29, 0.717) is 28.7 Å². The maximum atomic E-state index is 11.9. The Morgan fingerprint density at radius 1 is 1.20 bits per heavy atom. The molecule has 0 aromatic heterocycles. The van der Waals surface area contributed by atoms with Crippen LogP contribution in [0.25, 0.3) is 0 Å². The largest absolute Gasteiger partial charge is 0.484 e. The van der Waals surface area contributed by atoms with Crippen molar-refractivity contribution in [3.8, 4) is 5.75 Å². The van der Waals surface area contributed by atoms with E-state index in [1.54, 1.807) is 0 Å². The van der Waals surface area contributed by atoms with Crippen LogP contribution in [0.15, 0.2) is 18.2 Å². The molecule has 3 N–H and O–H groups in total. The molecule has 0 heterocycles. The van der Waals surface area contributed by atoms with Gasteiger partial charge >= 0.3 is 0 Å². The number of amides is 1. The van der Waals surface area contributed by atoms with Crippen molar-refractivity contribution in [2.45, 2.75) is 53.0 Å². The van der Waals surface area contributed by atoms with Crippen molar-refractivity contribution in [2.75, 3.05) is 6.61 Å². The number of carbonyl (C=O) groups excluding carboxylic acids is 1. The minimum Gasteiger partial charge on any atom is -0.484 e. The first-order valence-corrected chi connectivity index (χ1v) is 9.33. The highest BCUT2D eigenvalue weighted by Crippen LogP contribution is 2.29. The number of hydrazine groups is 1. The summed E-state index contributed by atoms with van der Waals surface area (Å²) in [6, 6.07) is 6.12. The molecule has 138 valence electrons. The third kappa shape index (κ3) is 5.88. The molecular formula is C19H29N3O2S. The van der Waals surface area contributed by atoms with Crippen molar-refractivity contribution in [1.29, 1.82) is 0 Å². The number of rotatable bonds is 4. The average molecular weight is 364 g/mol. The van der Waals surface area contributed by atoms with Gasteiger partial charge in [-0.05, 0) is 67.6 Å². The molecule has 1 aliphatic carbocycles. The third-order valence-corrected chi connectivity index (χ3v) is 5.41. The molecule has 25 heavy (non-hydrogen) atoms. The third-order valence-electron chi connectivity index (χ3n) is 5.19. The standard InChI is InChI=1S/C19H29N3O2S/c1-12-8-9-16(10-14(12)3)24-11-18(23)21-22-19(25)20-17-7-5-6-13(2)15(17)4/h8-10,13,15,17H,5-7,11H2,1-4H3,(H,21,23)(H2,20,22,25)/t13-,15+,17-/m1/s1. The van der Waals surface area contributed by atoms with Gasteiger partial charge in [0.05, 0.1) is 0 Å². The van der Waals surface area contributed by atoms with Crippen molar-refractivity contribution >= 4 is 23.2 Å². The molecule has 1 amide bonds. The molecule has 0 saturated heterocycles. The highest BCUT2D eigenvalue weighted by molar-refractivity contribution is 7.80. The van der Waals surface area contributed by atoms with E-state index < -0.39 is 0 Å². The normalized spacial score (nSPS) is 22.8. The van der Waals surface area contributed by atoms with Crippen LogP contribution in [0.5, 0.6) is 5.75 Å². The van der Waals surface area contributed by atoms with Gasteiger partial charge in [0.2, 0.25) is 0 Å². The Labute approximate surface area is 155 Å². The van der Waals surface area contributed by atoms with Crippen LogP contribution < -0.4 is 20.9 Å². The van der Waals surface area contributed by atoms with E-state index in [1.807, 2.05) is 32.0 Å². The van der Waals surface area contributed by atoms with E-state index in [1.165, 1.54) is 18.4 Å². The van der Waals surface area contributed by atoms with Crippen LogP contribution in [0.3, 0.4) is 0 Å². The molecule has 6 heteroatoms. The van der Waals surface area contributed by atoms with E-state index >= 15 is 0 Å². The second-order valence-electron chi connectivity index (χ2n) is 7.06. The maximum Gasteiger partial charge on any atom is 0.276 e. The Morgan fingerprint density at radius 3 is 2.68 bits per heavy atom. The lowest BCUT2D eigenvalue weighted by atomic mass is 9.78. The Hall–Kier alpha value is -1.82. The zero-order chi connectivity index (χ0) is 18.4. The molecule has 1 aromatic carbocycles. The van der Waals surface area contributed by atoms with Gasteiger partial charge in [-0.2, -0.15) is 0 Å². The number of hydrogen-bond donors (Lipinski definition) is 3. The van der Waals surface area contributed by atoms with Gasteiger partial charge in [-0.25, -0.2) is 0 Å². The fourth-order valence-electron chi connectivity index (χ4n) is 3.11. The zero-order valence-electron chi connectivity index (χ0n) is 15.5. The first kappa shape index (κ1) is 19.5. The summed E-state index contributed by atoms with van der Waals surface area (Å²) in [6.45, 7) is 8.52. The Balaban J connectivity index is 1.70. The quantitative estimate of drug-likeness (QED) is 0.567. The number of thiocarbonyl (C=S) groups is 1. The van der Waals surface area contributed by atoms with E-state index in [4.69, 9.17) is 17.0 Å². The summed E-state index contributed by atoms with van der Waals surface area (Å²) in [4.78, 5) is 11.9. The summed E-state index contributed by atoms with van der Waals surface area (Å²) in [5, 5.41) is 3.76. The maximum absolute atomic E-state index is 11.9. The Kier molecular flexibility index (Phi) is 7.05. The lowest BCUT2D eigenvalue weighted by Crippen LogP contribution is -2.53. The summed E-state index contributed by atoms with van der Waals surface area (Å²) in [7, 11) is 0. The SMILES string of the molecule is Cc1ccc(OCC(=O)NNC(=S)N[C@@H]2CCC[C@@H](C)[C@@H]2C)cc1C. The van der Waals surface area contributed by atoms with E-state index in [9.17, 15) is 4.79 Å². The highest BCUT2D eigenvalue weighted by atomic mass is 32.1. The first-order chi connectivity index (χ1) is 11.9. The number of aryl methyl sites for hydroxylation is 2. The van der Waals surface area contributed by atoms with Gasteiger partial charge in [0.15, 0.2) is 11.7 Å². The molecular weight excluding hydrogens is 334 g/mol. The van der Waals surface area contributed by atoms with Crippen molar-refractivity contribution in [2.24, 2.45) is 11.8 Å². The number of nitrogens with one attached hydrogen (secondary N) is 3. The number of hydrogen-bond acceptors (Lipinski definition) is 3. The smallest absolute Gasteiger partial charge is 0.276 e. The van der Waals surface area contributed by atoms with E-state index in [2.05, 4.69) is 30.0 Å². The van der Waals surface area contributed by atoms with Crippen molar-refractivity contribution < 1.29 is 9.53 Å². The fraction of sp³-hybridized carbons (Fsp3) is 0.579. The van der Waals surface area contributed by atoms with Crippen molar-refractivity contribution in [3.05, 3.63) is 29.3 Å². The monoisotopic (exact) mass is 363 g/mol. The fourth-order valence-corrected chi connectivity index (χ4v) is 3.31. The molecule has 3 atom stereocenters. The van der Waals surface area contributed by atoms with Crippen molar-refractivity contribution in [1.82, 2.24) is 16.2 Å². The first-order valence-electron chi connectivity index (χ1n) is 8.92. The minimum absolute atomic E-state index is 0.0605. The van der Waals surface area contributed by atoms with Gasteiger partial charge in [-0.15, -0.1) is 0 Å². The van der Waals surface area contributed by atoms with Crippen LogP contribution in [-0.4, -0.2) is 23.7 Å². The van der Waals surface area contributed by atoms with Crippen LogP contribution in [0, 0.1) is 25.7 Å². The predicted octanol–water partition coefficient (Wildman–Crippen LogP) is 3.00. The molecule has 0 radical (unpaired) electrons. The topological polar surface area (TPSA) is 62.4 Å². The Morgan fingerprint density at radius 2 is 1.96 bits per heavy atom. The molecule has 1 fully saturated rings. The Bertz CT molecular complexity index is 621. The summed E-state index contributed by atoms with van der Waals surface area (Å²) in [5.41, 5.74) is 7.67. The molecule has 1 aliphatic rings. The number of benzene rings is 1. The summed E-state index contributed by atoms with van der Waals surface area (Å²) >= 11 is 5.28. The molecule has 1 aromatic rings. The van der Waals surface area contributed by atoms with Crippen LogP contribution in [0.1, 0.15) is 44.2 Å². The second kappa shape index (κ2) is 9.04. The summed E-state index contributed by atoms with van der Waals surface area (Å²) < 4.78 is 5.50. The van der Waals surface area contributed by atoms with E-state index in [-0.39, 0.29) is 12.5 Å². The van der Waals surface area contributed by atoms with E-state index in [0.717, 1.165) is 12.0 Å². The zero-order valence-corrected chi connectivity index (χ0v) is 16.3. The molecule has 1 saturated carbocycles. The van der Waals surface area contributed by atoms with Gasteiger partial charge < -0.3 is 10.1 Å². The number of carbonyl (C=O) groups is 1. The van der Waals surface area contributed by atoms with Gasteiger partial charge in [0, 0.05) is 6.04 Å². The van der Waals surface area contributed by atoms with Gasteiger partial charge in [-0.1, -0.05) is 32.8 Å². The molecule has 5 nitrogen and oxygen atoms in total. The summed E-state index contributed by atoms with van der Waals surface area (Å²) in [5.74, 6) is 1.67. The highest BCUT2D eigenvalue weighted by Gasteiger charge is 2.27. The van der Waals surface area contributed by atoms with Crippen LogP contribution >= 0.6 is 12.2 Å². The molecule has 2 rings (SSSR count). The van der Waals surface area contributed by atoms with Gasteiger partial charge in [-0.3, -0.25) is 15.6 Å². The molecule has 0 aliphatic heterocycles. The number of ether oxygens (including phenoxy) is 1. The van der Waals surface area contributed by atoms with Crippen molar-refractivity contribution in [3.63, 3.8) is 0 Å². The molecule has 0 spiro atoms. The van der Waals surface area contributed by atoms with Crippen LogP contribution in [0.4, 0.5) is 0 Å². The van der Waals surface area contributed by atoms with Gasteiger partial charge in [0.25, 0.3) is 5.91 Å². The lowest BCUT2D eigenvalue weighted by molar-refractivity contribution is -0.123. The summed E-state index contributed by atoms with van der Waals surface area (Å²) in [6.07, 6.45) is 3.59. The van der Waals surface area contributed by atoms with Gasteiger partial charge in [0.1, 0.15) is 5.75 Å². The van der Waals surface area contributed by atoms with Crippen LogP contribution in [-0.2, 0) is 4.79 Å². The molecule has 0 unspecified atom stereocenters. The van der Waals surface area contributed by atoms with Crippen LogP contribution in [0.2, 0.25) is 0 Å². The minimum atomic E-state index is -0.271. The molecule has 0 bridgehead atoms. The average Bonchev–Trinajstić information content (AvgIpc) is 2.58. The second-order valence-corrected chi connectivity index (χ2v) is 7.46.